The third-order valence-corrected chi connectivity index (χ3v) is 4.52. The van der Waals surface area contributed by atoms with E-state index in [0.29, 0.717) is 18.1 Å². The molecule has 2 heterocycles. The minimum absolute atomic E-state index is 0.0286. The van der Waals surface area contributed by atoms with E-state index in [9.17, 15) is 9.59 Å². The Labute approximate surface area is 156 Å². The zero-order chi connectivity index (χ0) is 18.8. The molecule has 1 aliphatic rings. The van der Waals surface area contributed by atoms with Crippen molar-refractivity contribution in [2.75, 3.05) is 17.2 Å². The second kappa shape index (κ2) is 7.11. The van der Waals surface area contributed by atoms with Gasteiger partial charge < -0.3 is 20.9 Å². The summed E-state index contributed by atoms with van der Waals surface area (Å²) in [4.78, 5) is 31.3. The van der Waals surface area contributed by atoms with Crippen LogP contribution in [0.15, 0.2) is 42.6 Å². The summed E-state index contributed by atoms with van der Waals surface area (Å²) in [6, 6.07) is 11.2. The fourth-order valence-electron chi connectivity index (χ4n) is 2.98. The van der Waals surface area contributed by atoms with E-state index in [1.54, 1.807) is 0 Å². The van der Waals surface area contributed by atoms with Crippen molar-refractivity contribution in [2.24, 2.45) is 5.92 Å². The molecule has 0 spiro atoms. The van der Waals surface area contributed by atoms with E-state index < -0.39 is 0 Å². The summed E-state index contributed by atoms with van der Waals surface area (Å²) in [5.41, 5.74) is 3.39. The summed E-state index contributed by atoms with van der Waals surface area (Å²) in [5.74, 6) is 0.691. The number of H-pyrrole nitrogens is 1. The van der Waals surface area contributed by atoms with Crippen molar-refractivity contribution < 1.29 is 9.59 Å². The number of hydrogen-bond acceptors (Lipinski definition) is 3. The number of nitrogens with zero attached hydrogens (tertiary/aromatic N) is 1. The lowest BCUT2D eigenvalue weighted by Gasteiger charge is -2.10. The Balaban J connectivity index is 1.62. The Kier molecular flexibility index (Phi) is 4.50. The Morgan fingerprint density at radius 1 is 1.15 bits per heavy atom. The zero-order valence-corrected chi connectivity index (χ0v) is 15.0. The average molecular weight is 363 g/mol. The van der Waals surface area contributed by atoms with E-state index in [2.05, 4.69) is 25.9 Å². The molecule has 27 heavy (non-hydrogen) atoms. The van der Waals surface area contributed by atoms with Crippen molar-refractivity contribution in [3.05, 3.63) is 42.6 Å². The van der Waals surface area contributed by atoms with Gasteiger partial charge in [-0.2, -0.15) is 0 Å². The number of carbonyl (C=O) groups excluding carboxylic acids is 2. The lowest BCUT2D eigenvalue weighted by Crippen LogP contribution is -2.28. The predicted molar refractivity (Wildman–Crippen MR) is 106 cm³/mol. The number of benzene rings is 1. The van der Waals surface area contributed by atoms with Crippen molar-refractivity contribution in [1.29, 1.82) is 0 Å². The molecular weight excluding hydrogens is 342 g/mol. The summed E-state index contributed by atoms with van der Waals surface area (Å²) < 4.78 is 0. The normalized spacial score (nSPS) is 13.4. The number of anilines is 2. The molecule has 4 N–H and O–H groups in total. The number of pyridine rings is 1. The van der Waals surface area contributed by atoms with Crippen LogP contribution in [0.1, 0.15) is 19.8 Å². The van der Waals surface area contributed by atoms with E-state index in [4.69, 9.17) is 0 Å². The number of amides is 3. The molecule has 0 bridgehead atoms. The number of nitrogens with one attached hydrogen (secondary N) is 4. The summed E-state index contributed by atoms with van der Waals surface area (Å²) in [6.45, 7) is 2.44. The van der Waals surface area contributed by atoms with Gasteiger partial charge in [0.25, 0.3) is 0 Å². The number of hydrogen-bond donors (Lipinski definition) is 4. The molecule has 0 radical (unpaired) electrons. The van der Waals surface area contributed by atoms with Gasteiger partial charge in [0.1, 0.15) is 11.5 Å². The number of rotatable bonds is 5. The molecule has 0 aliphatic heterocycles. The van der Waals surface area contributed by atoms with E-state index in [0.717, 1.165) is 35.0 Å². The van der Waals surface area contributed by atoms with Gasteiger partial charge in [0, 0.05) is 29.7 Å². The molecule has 1 aliphatic carbocycles. The van der Waals surface area contributed by atoms with Gasteiger partial charge in [-0.15, -0.1) is 0 Å². The van der Waals surface area contributed by atoms with Gasteiger partial charge in [-0.3, -0.25) is 4.79 Å². The quantitative estimate of drug-likeness (QED) is 0.556. The van der Waals surface area contributed by atoms with Crippen LogP contribution in [0.25, 0.3) is 22.2 Å². The van der Waals surface area contributed by atoms with Gasteiger partial charge in [-0.05, 0) is 55.2 Å². The monoisotopic (exact) mass is 363 g/mol. The van der Waals surface area contributed by atoms with Crippen molar-refractivity contribution >= 4 is 34.5 Å². The van der Waals surface area contributed by atoms with Crippen LogP contribution < -0.4 is 16.0 Å². The highest BCUT2D eigenvalue weighted by molar-refractivity contribution is 5.99. The SMILES string of the molecule is CCNC(=O)Nc1ccc(-c2cc(NC(=O)C3CC3)nc3[nH]ccc23)cc1. The van der Waals surface area contributed by atoms with Crippen LogP contribution in [0.3, 0.4) is 0 Å². The van der Waals surface area contributed by atoms with Crippen LogP contribution in [-0.4, -0.2) is 28.5 Å². The molecule has 1 aromatic carbocycles. The average Bonchev–Trinajstić information content (AvgIpc) is 3.40. The van der Waals surface area contributed by atoms with Crippen LogP contribution in [0.4, 0.5) is 16.3 Å². The largest absolute Gasteiger partial charge is 0.346 e. The molecule has 3 amide bonds. The van der Waals surface area contributed by atoms with E-state index >= 15 is 0 Å². The van der Waals surface area contributed by atoms with Gasteiger partial charge in [0.05, 0.1) is 0 Å². The van der Waals surface area contributed by atoms with Gasteiger partial charge in [0.2, 0.25) is 5.91 Å². The third kappa shape index (κ3) is 3.76. The van der Waals surface area contributed by atoms with Gasteiger partial charge >= 0.3 is 6.03 Å². The van der Waals surface area contributed by atoms with Crippen LogP contribution in [0, 0.1) is 5.92 Å². The molecule has 0 unspecified atom stereocenters. The molecule has 2 aromatic heterocycles. The molecule has 0 atom stereocenters. The third-order valence-electron chi connectivity index (χ3n) is 4.52. The molecule has 7 heteroatoms. The predicted octanol–water partition coefficient (Wildman–Crippen LogP) is 3.72. The van der Waals surface area contributed by atoms with Crippen molar-refractivity contribution in [3.8, 4) is 11.1 Å². The highest BCUT2D eigenvalue weighted by Gasteiger charge is 2.30. The highest BCUT2D eigenvalue weighted by atomic mass is 16.2. The van der Waals surface area contributed by atoms with E-state index in [1.807, 2.05) is 49.5 Å². The van der Waals surface area contributed by atoms with Gasteiger partial charge in [-0.25, -0.2) is 9.78 Å². The fraction of sp³-hybridized carbons (Fsp3) is 0.250. The Bertz CT molecular complexity index is 989. The maximum absolute atomic E-state index is 12.1. The maximum atomic E-state index is 12.1. The highest BCUT2D eigenvalue weighted by Crippen LogP contribution is 2.33. The molecule has 4 rings (SSSR count). The Hall–Kier alpha value is -3.35. The van der Waals surface area contributed by atoms with Gasteiger partial charge in [0.15, 0.2) is 0 Å². The van der Waals surface area contributed by atoms with E-state index in [1.165, 1.54) is 0 Å². The minimum atomic E-state index is -0.229. The van der Waals surface area contributed by atoms with E-state index in [-0.39, 0.29) is 17.9 Å². The number of urea groups is 1. The molecule has 0 saturated heterocycles. The first-order valence-electron chi connectivity index (χ1n) is 9.08. The first kappa shape index (κ1) is 17.1. The molecule has 138 valence electrons. The molecule has 1 fully saturated rings. The second-order valence-electron chi connectivity index (χ2n) is 6.62. The van der Waals surface area contributed by atoms with Crippen LogP contribution in [0.5, 0.6) is 0 Å². The number of aromatic nitrogens is 2. The van der Waals surface area contributed by atoms with Crippen LogP contribution >= 0.6 is 0 Å². The summed E-state index contributed by atoms with van der Waals surface area (Å²) in [6.07, 6.45) is 3.73. The lowest BCUT2D eigenvalue weighted by molar-refractivity contribution is -0.117. The zero-order valence-electron chi connectivity index (χ0n) is 15.0. The summed E-state index contributed by atoms with van der Waals surface area (Å²) in [5, 5.41) is 9.37. The number of fused-ring (bicyclic) bond motifs is 1. The Morgan fingerprint density at radius 3 is 2.63 bits per heavy atom. The molecule has 1 saturated carbocycles. The van der Waals surface area contributed by atoms with Crippen LogP contribution in [0.2, 0.25) is 0 Å². The summed E-state index contributed by atoms with van der Waals surface area (Å²) >= 11 is 0. The Morgan fingerprint density at radius 2 is 1.93 bits per heavy atom. The maximum Gasteiger partial charge on any atom is 0.319 e. The first-order chi connectivity index (χ1) is 13.1. The van der Waals surface area contributed by atoms with Crippen molar-refractivity contribution in [1.82, 2.24) is 15.3 Å². The topological polar surface area (TPSA) is 98.9 Å². The number of aromatic amines is 1. The van der Waals surface area contributed by atoms with Crippen LogP contribution in [-0.2, 0) is 4.79 Å². The standard InChI is InChI=1S/C20H21N5O2/c1-2-21-20(27)23-14-7-5-12(6-8-14)16-11-17(25-19(26)13-3-4-13)24-18-15(16)9-10-22-18/h5-11,13H,2-4H2,1H3,(H2,21,23,27)(H2,22,24,25,26). The van der Waals surface area contributed by atoms with Crippen molar-refractivity contribution in [2.45, 2.75) is 19.8 Å². The van der Waals surface area contributed by atoms with Gasteiger partial charge in [-0.1, -0.05) is 12.1 Å². The van der Waals surface area contributed by atoms with Crippen molar-refractivity contribution in [3.63, 3.8) is 0 Å². The smallest absolute Gasteiger partial charge is 0.319 e. The molecule has 7 nitrogen and oxygen atoms in total. The lowest BCUT2D eigenvalue weighted by atomic mass is 10.0. The fourth-order valence-corrected chi connectivity index (χ4v) is 2.98. The summed E-state index contributed by atoms with van der Waals surface area (Å²) in [7, 11) is 0. The second-order valence-corrected chi connectivity index (χ2v) is 6.62. The first-order valence-corrected chi connectivity index (χ1v) is 9.08. The number of carbonyl (C=O) groups is 2. The minimum Gasteiger partial charge on any atom is -0.346 e. The molecular formula is C20H21N5O2. The molecule has 3 aromatic rings.